The predicted octanol–water partition coefficient (Wildman–Crippen LogP) is -13.6. The highest BCUT2D eigenvalue weighted by molar-refractivity contribution is 4.18. The number of nitrogens with one attached hydrogen (secondary N) is 25. The van der Waals surface area contributed by atoms with Gasteiger partial charge in [0.1, 0.15) is 0 Å². The van der Waals surface area contributed by atoms with Crippen molar-refractivity contribution >= 4 is 0 Å². The third kappa shape index (κ3) is 24.9. The van der Waals surface area contributed by atoms with Crippen LogP contribution < -0.4 is 150 Å². The quantitative estimate of drug-likeness (QED) is 0.0400. The number of hydrazine groups is 26. The van der Waals surface area contributed by atoms with Crippen LogP contribution in [-0.4, -0.2) is 0 Å². The number of hydrogen-bond acceptors (Lipinski definition) is 27. The summed E-state index contributed by atoms with van der Waals surface area (Å²) in [5.74, 6) is 9.82. The van der Waals surface area contributed by atoms with Crippen molar-refractivity contribution in [1.29, 1.82) is 0 Å². The van der Waals surface area contributed by atoms with Gasteiger partial charge in [0.2, 0.25) is 0 Å². The molecule has 27 heavy (non-hydrogen) atoms. The standard InChI is InChI=1S/H29N27/c1-3-5-7-9-11-13-15-17-19-21-23-25-27-26-24-22-20-18-16-14-12-10-8-6-4-2/h3-27H,1-2H2. The van der Waals surface area contributed by atoms with Gasteiger partial charge in [-0.25, -0.2) is 0 Å². The Bertz CT molecular complexity index is 208. The molecule has 0 aliphatic carbocycles. The second-order valence-corrected chi connectivity index (χ2v) is 3.16. The van der Waals surface area contributed by atoms with Crippen LogP contribution in [-0.2, 0) is 0 Å². The van der Waals surface area contributed by atoms with Crippen molar-refractivity contribution in [3.63, 3.8) is 0 Å². The number of nitrogens with two attached hydrogens (primary N) is 2. The fourth-order valence-electron chi connectivity index (χ4n) is 0.728. The summed E-state index contributed by atoms with van der Waals surface area (Å²) in [6.07, 6.45) is 0. The maximum Gasteiger partial charge on any atom is -0.164 e. The largest absolute Gasteiger partial charge is 0.257 e. The molecule has 0 atom stereocenters. The van der Waals surface area contributed by atoms with Crippen molar-refractivity contribution in [3.05, 3.63) is 0 Å². The molecule has 0 radical (unpaired) electrons. The normalized spacial score (nSPS) is 11.3. The zero-order chi connectivity index (χ0) is 19.7. The zero-order valence-corrected chi connectivity index (χ0v) is 13.7. The van der Waals surface area contributed by atoms with E-state index in [1.54, 1.807) is 0 Å². The molecule has 0 fully saturated rings. The van der Waals surface area contributed by atoms with Crippen LogP contribution in [0.4, 0.5) is 0 Å². The lowest BCUT2D eigenvalue weighted by atomic mass is 12.0. The van der Waals surface area contributed by atoms with Gasteiger partial charge in [0, 0.05) is 0 Å². The van der Waals surface area contributed by atoms with Crippen LogP contribution in [0.25, 0.3) is 0 Å². The second-order valence-electron chi connectivity index (χ2n) is 3.16. The summed E-state index contributed by atoms with van der Waals surface area (Å²) in [6, 6.07) is 0. The molecule has 0 aliphatic rings. The summed E-state index contributed by atoms with van der Waals surface area (Å²) in [4.78, 5) is 0. The van der Waals surface area contributed by atoms with Gasteiger partial charge >= 0.3 is 0 Å². The summed E-state index contributed by atoms with van der Waals surface area (Å²) in [6.45, 7) is 0. The van der Waals surface area contributed by atoms with E-state index < -0.39 is 0 Å². The molecule has 164 valence electrons. The van der Waals surface area contributed by atoms with Crippen LogP contribution in [0.2, 0.25) is 0 Å². The number of hydrogen-bond donors (Lipinski definition) is 27. The predicted molar refractivity (Wildman–Crippen MR) is 86.8 cm³/mol. The maximum atomic E-state index is 4.91. The van der Waals surface area contributed by atoms with Crippen molar-refractivity contribution in [2.24, 2.45) is 11.7 Å². The molecule has 0 amide bonds. The van der Waals surface area contributed by atoms with Gasteiger partial charge in [-0.1, -0.05) is 0 Å². The third-order valence-corrected chi connectivity index (χ3v) is 1.52. The van der Waals surface area contributed by atoms with Crippen LogP contribution in [0.5, 0.6) is 0 Å². The molecular weight excluding hydrogens is 378 g/mol. The van der Waals surface area contributed by atoms with Crippen molar-refractivity contribution in [1.82, 2.24) is 138 Å². The minimum absolute atomic E-state index is 2.12. The first-order valence-corrected chi connectivity index (χ1v) is 6.58. The average molecular weight is 407 g/mol. The molecule has 0 spiro atoms. The fourth-order valence-corrected chi connectivity index (χ4v) is 0.728. The molecule has 0 saturated carbocycles. The van der Waals surface area contributed by atoms with Gasteiger partial charge in [-0.2, -0.15) is 138 Å². The molecule has 0 saturated heterocycles. The van der Waals surface area contributed by atoms with Gasteiger partial charge < -0.3 is 0 Å². The molecule has 0 aromatic heterocycles. The number of rotatable bonds is 24. The Kier molecular flexibility index (Phi) is 23.9. The minimum Gasteiger partial charge on any atom is -0.257 e. The van der Waals surface area contributed by atoms with Crippen LogP contribution in [0, 0.1) is 0 Å². The van der Waals surface area contributed by atoms with Gasteiger partial charge in [-0.3, -0.25) is 11.7 Å². The minimum atomic E-state index is 2.12. The van der Waals surface area contributed by atoms with E-state index in [-0.39, 0.29) is 0 Å². The van der Waals surface area contributed by atoms with Crippen LogP contribution >= 0.6 is 0 Å². The average Bonchev–Trinajstić information content (AvgIpc) is 2.68. The summed E-state index contributed by atoms with van der Waals surface area (Å²) in [5.41, 5.74) is 60.7. The third-order valence-electron chi connectivity index (χ3n) is 1.52. The first-order chi connectivity index (χ1) is 13.4. The summed E-state index contributed by atoms with van der Waals surface area (Å²) >= 11 is 0. The Morgan fingerprint density at radius 3 is 0.407 bits per heavy atom. The van der Waals surface area contributed by atoms with E-state index in [0.29, 0.717) is 0 Å². The lowest BCUT2D eigenvalue weighted by molar-refractivity contribution is 0.187. The maximum absolute atomic E-state index is 4.91. The molecule has 29 N–H and O–H groups in total. The Morgan fingerprint density at radius 2 is 0.296 bits per heavy atom. The summed E-state index contributed by atoms with van der Waals surface area (Å²) < 4.78 is 0. The smallest absolute Gasteiger partial charge is 0.164 e. The molecular formula is H29N27. The fraction of sp³-hybridized carbons (Fsp3) is 0. The Labute approximate surface area is 151 Å². The van der Waals surface area contributed by atoms with Crippen molar-refractivity contribution in [2.75, 3.05) is 0 Å². The van der Waals surface area contributed by atoms with E-state index in [9.17, 15) is 0 Å². The van der Waals surface area contributed by atoms with Gasteiger partial charge in [0.15, 0.2) is 0 Å². The van der Waals surface area contributed by atoms with Crippen molar-refractivity contribution in [3.8, 4) is 0 Å². The molecule has 0 heterocycles. The molecule has 0 aromatic carbocycles. The molecule has 0 rings (SSSR count). The lowest BCUT2D eigenvalue weighted by Gasteiger charge is -2.15. The van der Waals surface area contributed by atoms with Gasteiger partial charge in [-0.05, 0) is 0 Å². The SMILES string of the molecule is NNNNNNNNNNNNNNNNNNNNNNNNNNN. The monoisotopic (exact) mass is 407 g/mol. The molecule has 27 heteroatoms. The first-order valence-electron chi connectivity index (χ1n) is 6.58. The van der Waals surface area contributed by atoms with Crippen molar-refractivity contribution < 1.29 is 0 Å². The van der Waals surface area contributed by atoms with Crippen LogP contribution in [0.3, 0.4) is 0 Å². The van der Waals surface area contributed by atoms with Crippen LogP contribution in [0.15, 0.2) is 0 Å². The Hall–Kier alpha value is -1.08. The Morgan fingerprint density at radius 1 is 0.185 bits per heavy atom. The second kappa shape index (κ2) is 24.9. The molecule has 0 unspecified atom stereocenters. The van der Waals surface area contributed by atoms with E-state index in [0.717, 1.165) is 0 Å². The molecule has 0 aromatic rings. The van der Waals surface area contributed by atoms with E-state index in [1.807, 2.05) is 0 Å². The van der Waals surface area contributed by atoms with Crippen LogP contribution in [0.1, 0.15) is 0 Å². The van der Waals surface area contributed by atoms with E-state index in [1.165, 1.54) is 0 Å². The highest BCUT2D eigenvalue weighted by Crippen LogP contribution is 1.30. The first kappa shape index (κ1) is 25.9. The van der Waals surface area contributed by atoms with Gasteiger partial charge in [-0.15, -0.1) is 0 Å². The lowest BCUT2D eigenvalue weighted by Crippen LogP contribution is -2.70. The molecule has 0 bridgehead atoms. The van der Waals surface area contributed by atoms with Gasteiger partial charge in [0.25, 0.3) is 0 Å². The molecule has 0 aliphatic heterocycles. The topological polar surface area (TPSA) is 353 Å². The van der Waals surface area contributed by atoms with E-state index >= 15 is 0 Å². The Balaban J connectivity index is 2.95. The highest BCUT2D eigenvalue weighted by atomic mass is 16.0. The van der Waals surface area contributed by atoms with E-state index in [4.69, 9.17) is 11.7 Å². The zero-order valence-electron chi connectivity index (χ0n) is 13.7. The summed E-state index contributed by atoms with van der Waals surface area (Å²) in [5, 5.41) is 0. The van der Waals surface area contributed by atoms with Gasteiger partial charge in [0.05, 0.1) is 0 Å². The van der Waals surface area contributed by atoms with Crippen molar-refractivity contribution in [2.45, 2.75) is 0 Å². The highest BCUT2D eigenvalue weighted by Gasteiger charge is 1.84. The summed E-state index contributed by atoms with van der Waals surface area (Å²) in [7, 11) is 0. The molecule has 27 nitrogen and oxygen atoms in total. The van der Waals surface area contributed by atoms with E-state index in [2.05, 4.69) is 138 Å².